The molecular formula is C20H15ClF3N3O2. The van der Waals surface area contributed by atoms with Crippen molar-refractivity contribution in [2.45, 2.75) is 13.1 Å². The second-order valence-electron chi connectivity index (χ2n) is 6.03. The summed E-state index contributed by atoms with van der Waals surface area (Å²) in [6.07, 6.45) is -3.01. The number of benzene rings is 2. The average Bonchev–Trinajstić information content (AvgIpc) is 2.62. The number of urea groups is 1. The first kappa shape index (κ1) is 20.5. The van der Waals surface area contributed by atoms with Crippen LogP contribution in [0.5, 0.6) is 11.5 Å². The van der Waals surface area contributed by atoms with Crippen LogP contribution in [0.25, 0.3) is 0 Å². The molecule has 29 heavy (non-hydrogen) atoms. The number of carbonyl (C=O) groups is 1. The van der Waals surface area contributed by atoms with E-state index in [1.54, 1.807) is 42.6 Å². The normalized spacial score (nSPS) is 11.1. The molecule has 150 valence electrons. The zero-order chi connectivity index (χ0) is 21.0. The fourth-order valence-corrected chi connectivity index (χ4v) is 2.69. The van der Waals surface area contributed by atoms with Crippen LogP contribution >= 0.6 is 11.6 Å². The first-order valence-electron chi connectivity index (χ1n) is 8.36. The molecule has 5 nitrogen and oxygen atoms in total. The Bertz CT molecular complexity index is 1040. The highest BCUT2D eigenvalue weighted by Crippen LogP contribution is 2.36. The van der Waals surface area contributed by atoms with E-state index in [0.717, 1.165) is 17.8 Å². The lowest BCUT2D eigenvalue weighted by Gasteiger charge is -2.13. The first-order chi connectivity index (χ1) is 13.7. The van der Waals surface area contributed by atoms with Crippen LogP contribution in [0, 0.1) is 6.92 Å². The molecule has 0 radical (unpaired) electrons. The summed E-state index contributed by atoms with van der Waals surface area (Å²) >= 11 is 5.57. The van der Waals surface area contributed by atoms with E-state index in [1.165, 1.54) is 6.07 Å². The van der Waals surface area contributed by atoms with Crippen molar-refractivity contribution in [3.05, 3.63) is 77.1 Å². The molecule has 0 bridgehead atoms. The molecule has 0 spiro atoms. The maximum Gasteiger partial charge on any atom is 0.417 e. The molecule has 1 heterocycles. The van der Waals surface area contributed by atoms with Crippen molar-refractivity contribution in [3.8, 4) is 11.5 Å². The molecule has 2 aromatic carbocycles. The van der Waals surface area contributed by atoms with Gasteiger partial charge in [0.15, 0.2) is 0 Å². The quantitative estimate of drug-likeness (QED) is 0.505. The molecule has 0 aliphatic carbocycles. The summed E-state index contributed by atoms with van der Waals surface area (Å²) in [6.45, 7) is 1.83. The van der Waals surface area contributed by atoms with E-state index < -0.39 is 22.8 Å². The number of pyridine rings is 1. The van der Waals surface area contributed by atoms with Crippen molar-refractivity contribution in [3.63, 3.8) is 0 Å². The van der Waals surface area contributed by atoms with Crippen molar-refractivity contribution in [2.75, 3.05) is 10.6 Å². The summed E-state index contributed by atoms with van der Waals surface area (Å²) in [6, 6.07) is 12.4. The van der Waals surface area contributed by atoms with Crippen molar-refractivity contribution >= 4 is 29.0 Å². The number of nitrogens with one attached hydrogen (secondary N) is 2. The molecule has 0 saturated heterocycles. The molecule has 3 aromatic rings. The van der Waals surface area contributed by atoms with E-state index in [2.05, 4.69) is 15.6 Å². The summed E-state index contributed by atoms with van der Waals surface area (Å²) in [4.78, 5) is 16.2. The van der Waals surface area contributed by atoms with Crippen LogP contribution in [0.3, 0.4) is 0 Å². The van der Waals surface area contributed by atoms with E-state index in [1.807, 2.05) is 6.92 Å². The second-order valence-corrected chi connectivity index (χ2v) is 6.44. The Balaban J connectivity index is 1.68. The number of carbonyl (C=O) groups excluding carboxylic acids is 1. The Morgan fingerprint density at radius 2 is 1.69 bits per heavy atom. The van der Waals surface area contributed by atoms with Crippen LogP contribution in [0.4, 0.5) is 29.3 Å². The van der Waals surface area contributed by atoms with Gasteiger partial charge in [-0.3, -0.25) is 4.98 Å². The van der Waals surface area contributed by atoms with E-state index in [9.17, 15) is 18.0 Å². The van der Waals surface area contributed by atoms with Crippen molar-refractivity contribution < 1.29 is 22.7 Å². The van der Waals surface area contributed by atoms with Crippen LogP contribution in [-0.4, -0.2) is 11.0 Å². The van der Waals surface area contributed by atoms with E-state index >= 15 is 0 Å². The topological polar surface area (TPSA) is 63.2 Å². The third-order valence-electron chi connectivity index (χ3n) is 3.73. The average molecular weight is 422 g/mol. The van der Waals surface area contributed by atoms with Gasteiger partial charge >= 0.3 is 12.2 Å². The number of amides is 2. The zero-order valence-corrected chi connectivity index (χ0v) is 15.8. The fraction of sp³-hybridized carbons (Fsp3) is 0.100. The van der Waals surface area contributed by atoms with Crippen molar-refractivity contribution in [1.29, 1.82) is 0 Å². The summed E-state index contributed by atoms with van der Waals surface area (Å²) in [5.74, 6) is 1.05. The summed E-state index contributed by atoms with van der Waals surface area (Å²) in [7, 11) is 0. The Hall–Kier alpha value is -3.26. The number of halogens is 4. The van der Waals surface area contributed by atoms with Gasteiger partial charge in [-0.25, -0.2) is 4.79 Å². The van der Waals surface area contributed by atoms with Gasteiger partial charge in [0.25, 0.3) is 0 Å². The van der Waals surface area contributed by atoms with Crippen LogP contribution in [-0.2, 0) is 6.18 Å². The molecule has 0 unspecified atom stereocenters. The highest BCUT2D eigenvalue weighted by atomic mass is 35.5. The van der Waals surface area contributed by atoms with Crippen LogP contribution in [0.15, 0.2) is 60.8 Å². The SMILES string of the molecule is Cc1cc(Oc2cccc(NC(=O)Nc3ccc(Cl)c(C(F)(F)F)c3)c2)ccn1. The lowest BCUT2D eigenvalue weighted by Crippen LogP contribution is -2.20. The number of hydrogen-bond acceptors (Lipinski definition) is 3. The standard InChI is InChI=1S/C20H15ClF3N3O2/c1-12-9-16(7-8-25-12)29-15-4-2-3-13(10-15)26-19(28)27-14-5-6-18(21)17(11-14)20(22,23)24/h2-11H,1H3,(H2,26,27,28). The summed E-state index contributed by atoms with van der Waals surface area (Å²) < 4.78 is 44.5. The Morgan fingerprint density at radius 1 is 1.00 bits per heavy atom. The number of nitrogens with zero attached hydrogens (tertiary/aromatic N) is 1. The zero-order valence-electron chi connectivity index (χ0n) is 15.0. The van der Waals surface area contributed by atoms with Crippen LogP contribution in [0.1, 0.15) is 11.3 Å². The number of alkyl halides is 3. The third kappa shape index (κ3) is 5.61. The lowest BCUT2D eigenvalue weighted by atomic mass is 10.2. The fourth-order valence-electron chi connectivity index (χ4n) is 2.47. The van der Waals surface area contributed by atoms with Gasteiger partial charge in [-0.15, -0.1) is 0 Å². The van der Waals surface area contributed by atoms with Gasteiger partial charge < -0.3 is 15.4 Å². The maximum atomic E-state index is 12.9. The van der Waals surface area contributed by atoms with E-state index in [-0.39, 0.29) is 5.69 Å². The molecule has 0 aliphatic rings. The monoisotopic (exact) mass is 421 g/mol. The molecule has 0 atom stereocenters. The van der Waals surface area contributed by atoms with Gasteiger partial charge in [0, 0.05) is 35.4 Å². The van der Waals surface area contributed by atoms with E-state index in [0.29, 0.717) is 17.2 Å². The molecule has 2 amide bonds. The second kappa shape index (κ2) is 8.40. The minimum atomic E-state index is -4.62. The van der Waals surface area contributed by atoms with Gasteiger partial charge in [0.2, 0.25) is 0 Å². The number of aryl methyl sites for hydroxylation is 1. The number of hydrogen-bond donors (Lipinski definition) is 2. The molecule has 1 aromatic heterocycles. The summed E-state index contributed by atoms with van der Waals surface area (Å²) in [5.41, 5.74) is 0.118. The maximum absolute atomic E-state index is 12.9. The molecule has 3 rings (SSSR count). The molecular weight excluding hydrogens is 407 g/mol. The number of anilines is 2. The molecule has 0 fully saturated rings. The molecule has 9 heteroatoms. The molecule has 0 aliphatic heterocycles. The lowest BCUT2D eigenvalue weighted by molar-refractivity contribution is -0.137. The van der Waals surface area contributed by atoms with Crippen molar-refractivity contribution in [1.82, 2.24) is 4.98 Å². The highest BCUT2D eigenvalue weighted by molar-refractivity contribution is 6.31. The minimum absolute atomic E-state index is 0.0427. The van der Waals surface area contributed by atoms with Crippen LogP contribution < -0.4 is 15.4 Å². The number of ether oxygens (including phenoxy) is 1. The first-order valence-corrected chi connectivity index (χ1v) is 8.74. The van der Waals surface area contributed by atoms with Gasteiger partial charge in [-0.05, 0) is 43.3 Å². The molecule has 0 saturated carbocycles. The smallest absolute Gasteiger partial charge is 0.417 e. The molecule has 2 N–H and O–H groups in total. The van der Waals surface area contributed by atoms with Gasteiger partial charge in [-0.1, -0.05) is 17.7 Å². The van der Waals surface area contributed by atoms with Crippen molar-refractivity contribution in [2.24, 2.45) is 0 Å². The largest absolute Gasteiger partial charge is 0.457 e. The highest BCUT2D eigenvalue weighted by Gasteiger charge is 2.33. The predicted molar refractivity (Wildman–Crippen MR) is 105 cm³/mol. The van der Waals surface area contributed by atoms with Crippen LogP contribution in [0.2, 0.25) is 5.02 Å². The van der Waals surface area contributed by atoms with Gasteiger partial charge in [0.1, 0.15) is 11.5 Å². The van der Waals surface area contributed by atoms with E-state index in [4.69, 9.17) is 16.3 Å². The Morgan fingerprint density at radius 3 is 2.38 bits per heavy atom. The Labute approximate surface area is 169 Å². The third-order valence-corrected chi connectivity index (χ3v) is 4.05. The predicted octanol–water partition coefficient (Wildman–Crippen LogP) is 6.50. The summed E-state index contributed by atoms with van der Waals surface area (Å²) in [5, 5.41) is 4.45. The number of aromatic nitrogens is 1. The van der Waals surface area contributed by atoms with Gasteiger partial charge in [0.05, 0.1) is 10.6 Å². The number of rotatable bonds is 4. The Kier molecular flexibility index (Phi) is 5.93. The van der Waals surface area contributed by atoms with Gasteiger partial charge in [-0.2, -0.15) is 13.2 Å². The minimum Gasteiger partial charge on any atom is -0.457 e.